The fraction of sp³-hybridized carbons (Fsp3) is 0.375. The Hall–Kier alpha value is -2.28. The number of nitrogens with zero attached hydrogens (tertiary/aromatic N) is 1. The van der Waals surface area contributed by atoms with Crippen LogP contribution in [-0.4, -0.2) is 26.5 Å². The minimum Gasteiger partial charge on any atom is -0.313 e. The minimum atomic E-state index is -3.53. The summed E-state index contributed by atoms with van der Waals surface area (Å²) in [7, 11) is -3.53. The summed E-state index contributed by atoms with van der Waals surface area (Å²) in [5.74, 6) is 0.244. The zero-order valence-corrected chi connectivity index (χ0v) is 18.6. The van der Waals surface area contributed by atoms with Crippen molar-refractivity contribution in [2.75, 3.05) is 13.1 Å². The van der Waals surface area contributed by atoms with Gasteiger partial charge < -0.3 is 5.32 Å². The number of sulfonamides is 1. The van der Waals surface area contributed by atoms with Crippen LogP contribution in [-0.2, 0) is 16.6 Å². The minimum absolute atomic E-state index is 0.244. The molecule has 160 valence electrons. The standard InChI is InChI=1S/C24H31N3O2S/c1-3-15-27-30(28,29)23-13-7-12-22-21(23)14-17-26-24(22)19(2)9-8-16-25-18-20-10-5-4-6-11-20/h4-7,10-14,17,19,25,27H,3,8-9,15-16,18H2,1-2H3. The summed E-state index contributed by atoms with van der Waals surface area (Å²) in [5.41, 5.74) is 2.25. The SMILES string of the molecule is CCCNS(=O)(=O)c1cccc2c(C(C)CCCNCc3ccccc3)nccc12. The van der Waals surface area contributed by atoms with Crippen molar-refractivity contribution in [2.24, 2.45) is 0 Å². The highest BCUT2D eigenvalue weighted by Gasteiger charge is 2.19. The Balaban J connectivity index is 1.67. The molecule has 0 saturated carbocycles. The topological polar surface area (TPSA) is 71.1 Å². The van der Waals surface area contributed by atoms with Crippen LogP contribution in [0.25, 0.3) is 10.8 Å². The van der Waals surface area contributed by atoms with Gasteiger partial charge in [-0.25, -0.2) is 13.1 Å². The van der Waals surface area contributed by atoms with E-state index in [4.69, 9.17) is 0 Å². The highest BCUT2D eigenvalue weighted by Crippen LogP contribution is 2.30. The third-order valence-corrected chi connectivity index (χ3v) is 6.78. The third kappa shape index (κ3) is 5.65. The molecule has 2 N–H and O–H groups in total. The van der Waals surface area contributed by atoms with E-state index in [0.717, 1.165) is 48.8 Å². The summed E-state index contributed by atoms with van der Waals surface area (Å²) in [6, 6.07) is 17.6. The van der Waals surface area contributed by atoms with Gasteiger partial charge in [-0.3, -0.25) is 4.98 Å². The maximum atomic E-state index is 12.7. The first kappa shape index (κ1) is 22.4. The molecule has 30 heavy (non-hydrogen) atoms. The Bertz CT molecular complexity index is 1050. The Labute approximate surface area is 180 Å². The van der Waals surface area contributed by atoms with Gasteiger partial charge in [0.2, 0.25) is 10.0 Å². The van der Waals surface area contributed by atoms with E-state index >= 15 is 0 Å². The highest BCUT2D eigenvalue weighted by molar-refractivity contribution is 7.89. The molecule has 1 atom stereocenters. The largest absolute Gasteiger partial charge is 0.313 e. The van der Waals surface area contributed by atoms with Gasteiger partial charge in [-0.15, -0.1) is 0 Å². The molecule has 0 aliphatic heterocycles. The summed E-state index contributed by atoms with van der Waals surface area (Å²) < 4.78 is 28.1. The normalized spacial score (nSPS) is 12.9. The Morgan fingerprint density at radius 3 is 2.53 bits per heavy atom. The smallest absolute Gasteiger partial charge is 0.241 e. The molecule has 0 saturated heterocycles. The monoisotopic (exact) mass is 425 g/mol. The van der Waals surface area contributed by atoms with Crippen LogP contribution >= 0.6 is 0 Å². The van der Waals surface area contributed by atoms with E-state index < -0.39 is 10.0 Å². The lowest BCUT2D eigenvalue weighted by Gasteiger charge is -2.16. The number of rotatable bonds is 11. The first-order valence-electron chi connectivity index (χ1n) is 10.6. The number of aromatic nitrogens is 1. The maximum Gasteiger partial charge on any atom is 0.241 e. The number of benzene rings is 2. The summed E-state index contributed by atoms with van der Waals surface area (Å²) in [5, 5.41) is 5.14. The predicted octanol–water partition coefficient (Wildman–Crippen LogP) is 4.60. The molecule has 0 spiro atoms. The van der Waals surface area contributed by atoms with E-state index in [0.29, 0.717) is 11.4 Å². The van der Waals surface area contributed by atoms with Crippen molar-refractivity contribution in [3.05, 3.63) is 72.1 Å². The number of hydrogen-bond acceptors (Lipinski definition) is 4. The molecule has 0 aliphatic rings. The molecule has 0 fully saturated rings. The molecule has 0 aliphatic carbocycles. The van der Waals surface area contributed by atoms with Crippen LogP contribution in [0.3, 0.4) is 0 Å². The lowest BCUT2D eigenvalue weighted by molar-refractivity contribution is 0.574. The van der Waals surface area contributed by atoms with E-state index in [1.54, 1.807) is 18.3 Å². The van der Waals surface area contributed by atoms with Crippen molar-refractivity contribution in [1.29, 1.82) is 0 Å². The van der Waals surface area contributed by atoms with Crippen LogP contribution in [0.4, 0.5) is 0 Å². The van der Waals surface area contributed by atoms with E-state index in [1.165, 1.54) is 5.56 Å². The predicted molar refractivity (Wildman–Crippen MR) is 123 cm³/mol. The van der Waals surface area contributed by atoms with E-state index in [9.17, 15) is 8.42 Å². The molecule has 3 aromatic rings. The summed E-state index contributed by atoms with van der Waals surface area (Å²) >= 11 is 0. The van der Waals surface area contributed by atoms with E-state index in [1.807, 2.05) is 25.1 Å². The fourth-order valence-electron chi connectivity index (χ4n) is 3.64. The van der Waals surface area contributed by atoms with Crippen molar-refractivity contribution in [1.82, 2.24) is 15.0 Å². The molecule has 5 nitrogen and oxygen atoms in total. The molecule has 2 aromatic carbocycles. The van der Waals surface area contributed by atoms with E-state index in [-0.39, 0.29) is 5.92 Å². The molecule has 1 heterocycles. The van der Waals surface area contributed by atoms with Gasteiger partial charge in [-0.1, -0.05) is 56.3 Å². The van der Waals surface area contributed by atoms with Crippen LogP contribution in [0, 0.1) is 0 Å². The van der Waals surface area contributed by atoms with Gasteiger partial charge in [0.1, 0.15) is 0 Å². The van der Waals surface area contributed by atoms with Gasteiger partial charge in [-0.05, 0) is 49.4 Å². The number of nitrogens with one attached hydrogen (secondary N) is 2. The molecule has 0 amide bonds. The van der Waals surface area contributed by atoms with E-state index in [2.05, 4.69) is 46.2 Å². The zero-order valence-electron chi connectivity index (χ0n) is 17.8. The van der Waals surface area contributed by atoms with Gasteiger partial charge >= 0.3 is 0 Å². The van der Waals surface area contributed by atoms with Gasteiger partial charge in [-0.2, -0.15) is 0 Å². The van der Waals surface area contributed by atoms with Crippen LogP contribution in [0.15, 0.2) is 65.7 Å². The molecule has 0 bridgehead atoms. The quantitative estimate of drug-likeness (QED) is 0.441. The van der Waals surface area contributed by atoms with Gasteiger partial charge in [0.25, 0.3) is 0 Å². The highest BCUT2D eigenvalue weighted by atomic mass is 32.2. The molecule has 6 heteroatoms. The lowest BCUT2D eigenvalue weighted by atomic mass is 9.96. The first-order chi connectivity index (χ1) is 14.5. The molecular weight excluding hydrogens is 394 g/mol. The summed E-state index contributed by atoms with van der Waals surface area (Å²) in [6.07, 6.45) is 4.49. The van der Waals surface area contributed by atoms with Crippen molar-refractivity contribution in [2.45, 2.75) is 50.5 Å². The second-order valence-electron chi connectivity index (χ2n) is 7.65. The number of fused-ring (bicyclic) bond motifs is 1. The molecule has 3 rings (SSSR count). The summed E-state index contributed by atoms with van der Waals surface area (Å²) in [4.78, 5) is 4.93. The second kappa shape index (κ2) is 10.7. The van der Waals surface area contributed by atoms with Gasteiger partial charge in [0.15, 0.2) is 0 Å². The van der Waals surface area contributed by atoms with Crippen LogP contribution in [0.5, 0.6) is 0 Å². The molecular formula is C24H31N3O2S. The molecule has 1 unspecified atom stereocenters. The van der Waals surface area contributed by atoms with Crippen molar-refractivity contribution in [3.8, 4) is 0 Å². The van der Waals surface area contributed by atoms with Crippen molar-refractivity contribution < 1.29 is 8.42 Å². The van der Waals surface area contributed by atoms with Crippen molar-refractivity contribution in [3.63, 3.8) is 0 Å². The number of hydrogen-bond donors (Lipinski definition) is 2. The lowest BCUT2D eigenvalue weighted by Crippen LogP contribution is -2.24. The average molecular weight is 426 g/mol. The van der Waals surface area contributed by atoms with Gasteiger partial charge in [0.05, 0.1) is 10.6 Å². The molecule has 0 radical (unpaired) electrons. The number of pyridine rings is 1. The maximum absolute atomic E-state index is 12.7. The van der Waals surface area contributed by atoms with Crippen LogP contribution in [0.1, 0.15) is 50.3 Å². The Kier molecular flexibility index (Phi) is 7.96. The second-order valence-corrected chi connectivity index (χ2v) is 9.39. The van der Waals surface area contributed by atoms with Gasteiger partial charge in [0, 0.05) is 30.1 Å². The average Bonchev–Trinajstić information content (AvgIpc) is 2.77. The zero-order chi connectivity index (χ0) is 21.4. The first-order valence-corrected chi connectivity index (χ1v) is 12.1. The molecule has 1 aromatic heterocycles. The Morgan fingerprint density at radius 2 is 1.77 bits per heavy atom. The summed E-state index contributed by atoms with van der Waals surface area (Å²) in [6.45, 7) is 6.35. The van der Waals surface area contributed by atoms with Crippen LogP contribution in [0.2, 0.25) is 0 Å². The fourth-order valence-corrected chi connectivity index (χ4v) is 4.99. The van der Waals surface area contributed by atoms with Crippen molar-refractivity contribution >= 4 is 20.8 Å². The Morgan fingerprint density at radius 1 is 0.967 bits per heavy atom. The third-order valence-electron chi connectivity index (χ3n) is 5.26. The van der Waals surface area contributed by atoms with Crippen LogP contribution < -0.4 is 10.0 Å².